The van der Waals surface area contributed by atoms with E-state index in [9.17, 15) is 9.59 Å². The van der Waals surface area contributed by atoms with Crippen LogP contribution < -0.4 is 10.1 Å². The fourth-order valence-electron chi connectivity index (χ4n) is 3.45. The molecule has 32 heavy (non-hydrogen) atoms. The molecule has 2 aromatic carbocycles. The largest absolute Gasteiger partial charge is 0.497 e. The minimum absolute atomic E-state index is 0.103. The molecule has 3 amide bonds. The summed E-state index contributed by atoms with van der Waals surface area (Å²) in [5, 5.41) is 9.53. The van der Waals surface area contributed by atoms with Gasteiger partial charge < -0.3 is 15.0 Å². The molecule has 2 aromatic rings. The van der Waals surface area contributed by atoms with Crippen molar-refractivity contribution in [3.05, 3.63) is 64.7 Å². The number of hydrazone groups is 1. The quantitative estimate of drug-likeness (QED) is 0.721. The van der Waals surface area contributed by atoms with E-state index in [0.29, 0.717) is 11.4 Å². The summed E-state index contributed by atoms with van der Waals surface area (Å²) in [4.78, 5) is 27.0. The summed E-state index contributed by atoms with van der Waals surface area (Å²) < 4.78 is 5.25. The minimum atomic E-state index is -0.400. The first-order valence-corrected chi connectivity index (χ1v) is 10.8. The highest BCUT2D eigenvalue weighted by Gasteiger charge is 2.34. The number of carbonyl (C=O) groups is 2. The first-order chi connectivity index (χ1) is 15.1. The molecule has 0 fully saturated rings. The van der Waals surface area contributed by atoms with E-state index in [4.69, 9.17) is 16.3 Å². The fourth-order valence-corrected chi connectivity index (χ4v) is 3.69. The maximum atomic E-state index is 13.2. The molecule has 0 spiro atoms. The van der Waals surface area contributed by atoms with Crippen LogP contribution in [0.2, 0.25) is 5.02 Å². The van der Waals surface area contributed by atoms with Crippen molar-refractivity contribution in [2.75, 3.05) is 20.7 Å². The van der Waals surface area contributed by atoms with E-state index in [1.165, 1.54) is 9.91 Å². The van der Waals surface area contributed by atoms with Gasteiger partial charge in [-0.1, -0.05) is 41.9 Å². The first-order valence-electron chi connectivity index (χ1n) is 10.4. The lowest BCUT2D eigenvalue weighted by Gasteiger charge is -2.28. The molecule has 0 saturated carbocycles. The normalized spacial score (nSPS) is 15.9. The summed E-state index contributed by atoms with van der Waals surface area (Å²) in [6.45, 7) is 5.57. The van der Waals surface area contributed by atoms with Gasteiger partial charge in [0.25, 0.3) is 5.91 Å². The molecule has 0 unspecified atom stereocenters. The number of rotatable bonds is 5. The predicted octanol–water partition coefficient (Wildman–Crippen LogP) is 4.47. The second-order valence-corrected chi connectivity index (χ2v) is 9.20. The van der Waals surface area contributed by atoms with Crippen LogP contribution in [0.25, 0.3) is 0 Å². The zero-order chi connectivity index (χ0) is 23.5. The number of nitrogens with zero attached hydrogens (tertiary/aromatic N) is 3. The van der Waals surface area contributed by atoms with E-state index in [2.05, 4.69) is 10.4 Å². The average molecular weight is 457 g/mol. The molecule has 1 atom stereocenters. The van der Waals surface area contributed by atoms with E-state index < -0.39 is 5.54 Å². The second kappa shape index (κ2) is 9.61. The van der Waals surface area contributed by atoms with Gasteiger partial charge in [0.15, 0.2) is 0 Å². The number of hydrogen-bond donors (Lipinski definition) is 1. The summed E-state index contributed by atoms with van der Waals surface area (Å²) in [6.07, 6.45) is 0.514. The number of ether oxygens (including phenoxy) is 1. The predicted molar refractivity (Wildman–Crippen MR) is 126 cm³/mol. The number of methoxy groups -OCH3 is 1. The van der Waals surface area contributed by atoms with Gasteiger partial charge in [-0.2, -0.15) is 5.10 Å². The molecule has 0 radical (unpaired) electrons. The summed E-state index contributed by atoms with van der Waals surface area (Å²) in [7, 11) is 3.20. The Balaban J connectivity index is 1.87. The van der Waals surface area contributed by atoms with Crippen molar-refractivity contribution >= 4 is 29.3 Å². The number of nitrogens with one attached hydrogen (secondary N) is 1. The molecule has 8 heteroatoms. The zero-order valence-corrected chi connectivity index (χ0v) is 19.8. The third-order valence-electron chi connectivity index (χ3n) is 5.05. The number of hydrogen-bond acceptors (Lipinski definition) is 4. The fraction of sp³-hybridized carbons (Fsp3) is 0.375. The van der Waals surface area contributed by atoms with Crippen LogP contribution in [0.4, 0.5) is 4.79 Å². The number of halogens is 1. The van der Waals surface area contributed by atoms with Crippen LogP contribution in [0.1, 0.15) is 44.4 Å². The van der Waals surface area contributed by atoms with Crippen LogP contribution in [0, 0.1) is 0 Å². The molecular weight excluding hydrogens is 428 g/mol. The standard InChI is InChI=1S/C24H29ClN4O3/c1-24(2,3)26-23(31)28(4)15-22(30)29-21(16-10-12-17(32-5)13-11-16)14-20(27-29)18-8-6-7-9-19(18)25/h6-13,21H,14-15H2,1-5H3,(H,26,31)/t21-/m1/s1. The van der Waals surface area contributed by atoms with Gasteiger partial charge in [0.05, 0.1) is 18.9 Å². The Morgan fingerprint density at radius 1 is 1.19 bits per heavy atom. The van der Waals surface area contributed by atoms with Gasteiger partial charge >= 0.3 is 6.03 Å². The molecule has 1 heterocycles. The van der Waals surface area contributed by atoms with E-state index in [0.717, 1.165) is 22.6 Å². The van der Waals surface area contributed by atoms with Gasteiger partial charge in [-0.3, -0.25) is 4.79 Å². The van der Waals surface area contributed by atoms with Gasteiger partial charge in [0.2, 0.25) is 0 Å². The Bertz CT molecular complexity index is 1010. The van der Waals surface area contributed by atoms with Crippen LogP contribution >= 0.6 is 11.6 Å². The van der Waals surface area contributed by atoms with Crippen molar-refractivity contribution in [1.82, 2.24) is 15.2 Å². The number of carbonyl (C=O) groups excluding carboxylic acids is 2. The van der Waals surface area contributed by atoms with Crippen LogP contribution in [0.3, 0.4) is 0 Å². The molecule has 1 aliphatic rings. The minimum Gasteiger partial charge on any atom is -0.497 e. The van der Waals surface area contributed by atoms with E-state index in [1.807, 2.05) is 63.2 Å². The van der Waals surface area contributed by atoms with Crippen LogP contribution in [-0.4, -0.2) is 53.8 Å². The molecule has 1 N–H and O–H groups in total. The highest BCUT2D eigenvalue weighted by atomic mass is 35.5. The number of likely N-dealkylation sites (N-methyl/N-ethyl adjacent to an activating group) is 1. The third-order valence-corrected chi connectivity index (χ3v) is 5.38. The SMILES string of the molecule is COc1ccc([C@H]2CC(c3ccccc3Cl)=NN2C(=O)CN(C)C(=O)NC(C)(C)C)cc1. The van der Waals surface area contributed by atoms with Crippen LogP contribution in [0.15, 0.2) is 53.6 Å². The van der Waals surface area contributed by atoms with Gasteiger partial charge in [0.1, 0.15) is 12.3 Å². The Morgan fingerprint density at radius 2 is 1.84 bits per heavy atom. The summed E-state index contributed by atoms with van der Waals surface area (Å²) in [5.41, 5.74) is 2.04. The molecular formula is C24H29ClN4O3. The average Bonchev–Trinajstić information content (AvgIpc) is 3.18. The summed E-state index contributed by atoms with van der Waals surface area (Å²) >= 11 is 6.39. The van der Waals surface area contributed by atoms with Crippen LogP contribution in [0.5, 0.6) is 5.75 Å². The Kier molecular flexibility index (Phi) is 7.09. The first kappa shape index (κ1) is 23.6. The van der Waals surface area contributed by atoms with Crippen molar-refractivity contribution in [2.24, 2.45) is 5.10 Å². The number of amides is 3. The zero-order valence-electron chi connectivity index (χ0n) is 19.1. The maximum absolute atomic E-state index is 13.2. The van der Waals surface area contributed by atoms with Gasteiger partial charge in [-0.15, -0.1) is 0 Å². The van der Waals surface area contributed by atoms with Gasteiger partial charge in [-0.25, -0.2) is 9.80 Å². The molecule has 3 rings (SSSR count). The Labute approximate surface area is 194 Å². The third kappa shape index (κ3) is 5.59. The molecule has 170 valence electrons. The monoisotopic (exact) mass is 456 g/mol. The van der Waals surface area contributed by atoms with E-state index in [1.54, 1.807) is 20.2 Å². The maximum Gasteiger partial charge on any atom is 0.318 e. The van der Waals surface area contributed by atoms with Crippen LogP contribution in [-0.2, 0) is 4.79 Å². The van der Waals surface area contributed by atoms with E-state index >= 15 is 0 Å². The Hall–Kier alpha value is -3.06. The molecule has 0 aliphatic carbocycles. The number of urea groups is 1. The van der Waals surface area contributed by atoms with Crippen molar-refractivity contribution in [3.63, 3.8) is 0 Å². The lowest BCUT2D eigenvalue weighted by atomic mass is 9.98. The van der Waals surface area contributed by atoms with Crippen molar-refractivity contribution in [3.8, 4) is 5.75 Å². The van der Waals surface area contributed by atoms with Gasteiger partial charge in [-0.05, 0) is 44.5 Å². The smallest absolute Gasteiger partial charge is 0.318 e. The number of benzene rings is 2. The topological polar surface area (TPSA) is 74.2 Å². The Morgan fingerprint density at radius 3 is 2.44 bits per heavy atom. The lowest BCUT2D eigenvalue weighted by molar-refractivity contribution is -0.133. The highest BCUT2D eigenvalue weighted by Crippen LogP contribution is 2.35. The van der Waals surface area contributed by atoms with Crippen molar-refractivity contribution in [1.29, 1.82) is 0 Å². The van der Waals surface area contributed by atoms with E-state index in [-0.39, 0.29) is 24.5 Å². The summed E-state index contributed by atoms with van der Waals surface area (Å²) in [5.74, 6) is 0.454. The van der Waals surface area contributed by atoms with Crippen molar-refractivity contribution in [2.45, 2.75) is 38.8 Å². The molecule has 1 aliphatic heterocycles. The molecule has 7 nitrogen and oxygen atoms in total. The second-order valence-electron chi connectivity index (χ2n) is 8.79. The van der Waals surface area contributed by atoms with Gasteiger partial charge in [0, 0.05) is 29.6 Å². The molecule has 0 bridgehead atoms. The lowest BCUT2D eigenvalue weighted by Crippen LogP contribution is -2.49. The summed E-state index contributed by atoms with van der Waals surface area (Å²) in [6, 6.07) is 14.4. The van der Waals surface area contributed by atoms with Crippen molar-refractivity contribution < 1.29 is 14.3 Å². The highest BCUT2D eigenvalue weighted by molar-refractivity contribution is 6.34. The molecule has 0 saturated heterocycles. The molecule has 0 aromatic heterocycles.